The van der Waals surface area contributed by atoms with Gasteiger partial charge in [0.25, 0.3) is 0 Å². The van der Waals surface area contributed by atoms with Crippen molar-refractivity contribution in [2.45, 2.75) is 26.9 Å². The fraction of sp³-hybridized carbons (Fsp3) is 0.296. The molecule has 7 heteroatoms. The van der Waals surface area contributed by atoms with Gasteiger partial charge in [-0.1, -0.05) is 48.0 Å². The van der Waals surface area contributed by atoms with Crippen molar-refractivity contribution < 1.29 is 9.18 Å². The van der Waals surface area contributed by atoms with Crippen LogP contribution in [-0.2, 0) is 17.9 Å². The van der Waals surface area contributed by atoms with Crippen LogP contribution in [0.1, 0.15) is 16.8 Å². The number of amides is 1. The molecule has 0 unspecified atom stereocenters. The minimum atomic E-state index is -0.181. The number of rotatable bonds is 5. The largest absolute Gasteiger partial charge is 0.339 e. The van der Waals surface area contributed by atoms with E-state index in [0.717, 1.165) is 27.9 Å². The molecule has 4 aromatic rings. The van der Waals surface area contributed by atoms with E-state index < -0.39 is 0 Å². The molecule has 5 rings (SSSR count). The van der Waals surface area contributed by atoms with Crippen LogP contribution in [0.25, 0.3) is 22.2 Å². The van der Waals surface area contributed by atoms with Gasteiger partial charge in [0.05, 0.1) is 5.69 Å². The molecule has 1 aliphatic heterocycles. The van der Waals surface area contributed by atoms with Crippen LogP contribution < -0.4 is 0 Å². The first kappa shape index (κ1) is 22.2. The van der Waals surface area contributed by atoms with Crippen LogP contribution in [0, 0.1) is 19.7 Å². The van der Waals surface area contributed by atoms with Gasteiger partial charge in [0.2, 0.25) is 5.91 Å². The van der Waals surface area contributed by atoms with Crippen molar-refractivity contribution in [1.82, 2.24) is 24.6 Å². The summed E-state index contributed by atoms with van der Waals surface area (Å²) in [7, 11) is 0. The summed E-state index contributed by atoms with van der Waals surface area (Å²) >= 11 is 0. The second-order valence-electron chi connectivity index (χ2n) is 8.92. The number of piperazine rings is 1. The normalized spacial score (nSPS) is 14.6. The summed E-state index contributed by atoms with van der Waals surface area (Å²) in [6.07, 6.45) is 1.78. The summed E-state index contributed by atoms with van der Waals surface area (Å²) in [5, 5.41) is 5.65. The molecular formula is C27H28FN5O. The number of carbonyl (C=O) groups is 1. The van der Waals surface area contributed by atoms with Crippen LogP contribution in [0.15, 0.2) is 60.8 Å². The summed E-state index contributed by atoms with van der Waals surface area (Å²) in [6.45, 7) is 7.42. The SMILES string of the molecule is Cc1cccc(-c2ccnc3c2c(C)nn3CC(=O)N2CCN(Cc3ccccc3F)CC2)c1. The van der Waals surface area contributed by atoms with Crippen LogP contribution >= 0.6 is 0 Å². The van der Waals surface area contributed by atoms with Crippen LogP contribution in [0.3, 0.4) is 0 Å². The number of aromatic nitrogens is 3. The minimum absolute atomic E-state index is 0.0256. The van der Waals surface area contributed by atoms with Crippen molar-refractivity contribution in [2.24, 2.45) is 0 Å². The number of halogens is 1. The molecule has 0 atom stereocenters. The zero-order valence-corrected chi connectivity index (χ0v) is 19.5. The lowest BCUT2D eigenvalue weighted by Gasteiger charge is -2.34. The topological polar surface area (TPSA) is 54.3 Å². The highest BCUT2D eigenvalue weighted by Crippen LogP contribution is 2.30. The van der Waals surface area contributed by atoms with E-state index in [0.29, 0.717) is 38.3 Å². The van der Waals surface area contributed by atoms with Gasteiger partial charge in [0, 0.05) is 49.9 Å². The molecule has 2 aromatic heterocycles. The fourth-order valence-corrected chi connectivity index (χ4v) is 4.70. The lowest BCUT2D eigenvalue weighted by molar-refractivity contribution is -0.133. The van der Waals surface area contributed by atoms with Crippen LogP contribution in [0.4, 0.5) is 4.39 Å². The number of hydrogen-bond acceptors (Lipinski definition) is 4. The second kappa shape index (κ2) is 9.35. The smallest absolute Gasteiger partial charge is 0.244 e. The Balaban J connectivity index is 1.29. The number of fused-ring (bicyclic) bond motifs is 1. The van der Waals surface area contributed by atoms with Crippen LogP contribution in [0.5, 0.6) is 0 Å². The first-order chi connectivity index (χ1) is 16.5. The van der Waals surface area contributed by atoms with Gasteiger partial charge in [0.15, 0.2) is 5.65 Å². The van der Waals surface area contributed by atoms with Crippen LogP contribution in [0.2, 0.25) is 0 Å². The molecule has 6 nitrogen and oxygen atoms in total. The molecule has 1 aliphatic rings. The Kier molecular flexibility index (Phi) is 6.11. The zero-order chi connectivity index (χ0) is 23.7. The molecule has 0 saturated carbocycles. The Labute approximate surface area is 198 Å². The third-order valence-corrected chi connectivity index (χ3v) is 6.50. The molecule has 1 amide bonds. The first-order valence-corrected chi connectivity index (χ1v) is 11.6. The highest BCUT2D eigenvalue weighted by atomic mass is 19.1. The molecule has 0 N–H and O–H groups in total. The summed E-state index contributed by atoms with van der Waals surface area (Å²) in [6, 6.07) is 17.2. The number of pyridine rings is 1. The Morgan fingerprint density at radius 1 is 1.00 bits per heavy atom. The highest BCUT2D eigenvalue weighted by molar-refractivity contribution is 5.95. The number of carbonyl (C=O) groups excluding carboxylic acids is 1. The molecule has 3 heterocycles. The van der Waals surface area contributed by atoms with Crippen molar-refractivity contribution in [3.8, 4) is 11.1 Å². The molecule has 1 fully saturated rings. The van der Waals surface area contributed by atoms with E-state index in [4.69, 9.17) is 0 Å². The average molecular weight is 458 g/mol. The maximum absolute atomic E-state index is 14.0. The quantitative estimate of drug-likeness (QED) is 0.451. The van der Waals surface area contributed by atoms with Crippen molar-refractivity contribution in [1.29, 1.82) is 0 Å². The predicted octanol–water partition coefficient (Wildman–Crippen LogP) is 4.20. The van der Waals surface area contributed by atoms with E-state index in [2.05, 4.69) is 40.1 Å². The third kappa shape index (κ3) is 4.43. The number of hydrogen-bond donors (Lipinski definition) is 0. The van der Waals surface area contributed by atoms with Gasteiger partial charge in [-0.05, 0) is 37.1 Å². The summed E-state index contributed by atoms with van der Waals surface area (Å²) < 4.78 is 15.7. The third-order valence-electron chi connectivity index (χ3n) is 6.50. The standard InChI is InChI=1S/C27H28FN5O/c1-19-6-5-8-21(16-19)23-10-11-29-27-26(23)20(2)30-33(27)18-25(34)32-14-12-31(13-15-32)17-22-7-3-4-9-24(22)28/h3-11,16H,12-15,17-18H2,1-2H3. The van der Waals surface area contributed by atoms with Gasteiger partial charge in [-0.15, -0.1) is 0 Å². The van der Waals surface area contributed by atoms with Crippen molar-refractivity contribution in [2.75, 3.05) is 26.2 Å². The van der Waals surface area contributed by atoms with E-state index >= 15 is 0 Å². The Morgan fingerprint density at radius 2 is 1.79 bits per heavy atom. The summed E-state index contributed by atoms with van der Waals surface area (Å²) in [5.74, 6) is -0.155. The summed E-state index contributed by atoms with van der Waals surface area (Å²) in [5.41, 5.74) is 5.66. The lowest BCUT2D eigenvalue weighted by atomic mass is 10.0. The fourth-order valence-electron chi connectivity index (χ4n) is 4.70. The molecule has 174 valence electrons. The monoisotopic (exact) mass is 457 g/mol. The van der Waals surface area contributed by atoms with Crippen molar-refractivity contribution in [3.05, 3.63) is 83.4 Å². The second-order valence-corrected chi connectivity index (χ2v) is 8.92. The molecule has 0 aliphatic carbocycles. The number of benzene rings is 2. The average Bonchev–Trinajstić information content (AvgIpc) is 3.16. The lowest BCUT2D eigenvalue weighted by Crippen LogP contribution is -2.49. The summed E-state index contributed by atoms with van der Waals surface area (Å²) in [4.78, 5) is 21.7. The Bertz CT molecular complexity index is 1340. The van der Waals surface area contributed by atoms with Gasteiger partial charge >= 0.3 is 0 Å². The van der Waals surface area contributed by atoms with E-state index in [9.17, 15) is 9.18 Å². The molecule has 0 radical (unpaired) electrons. The molecular weight excluding hydrogens is 429 g/mol. The van der Waals surface area contributed by atoms with E-state index in [1.165, 1.54) is 11.6 Å². The number of nitrogens with zero attached hydrogens (tertiary/aromatic N) is 5. The Morgan fingerprint density at radius 3 is 2.56 bits per heavy atom. The maximum atomic E-state index is 14.0. The van der Waals surface area contributed by atoms with Gasteiger partial charge < -0.3 is 4.90 Å². The zero-order valence-electron chi connectivity index (χ0n) is 19.5. The molecule has 34 heavy (non-hydrogen) atoms. The van der Waals surface area contributed by atoms with E-state index in [-0.39, 0.29) is 18.3 Å². The predicted molar refractivity (Wildman–Crippen MR) is 131 cm³/mol. The van der Waals surface area contributed by atoms with Gasteiger partial charge in [0.1, 0.15) is 12.4 Å². The molecule has 1 saturated heterocycles. The minimum Gasteiger partial charge on any atom is -0.339 e. The highest BCUT2D eigenvalue weighted by Gasteiger charge is 2.23. The number of aryl methyl sites for hydroxylation is 2. The van der Waals surface area contributed by atoms with Crippen LogP contribution in [-0.4, -0.2) is 56.7 Å². The Hall–Kier alpha value is -3.58. The molecule has 2 aromatic carbocycles. The van der Waals surface area contributed by atoms with Crippen molar-refractivity contribution in [3.63, 3.8) is 0 Å². The van der Waals surface area contributed by atoms with E-state index in [1.54, 1.807) is 16.9 Å². The van der Waals surface area contributed by atoms with Crippen molar-refractivity contribution >= 4 is 16.9 Å². The van der Waals surface area contributed by atoms with Gasteiger partial charge in [-0.25, -0.2) is 14.1 Å². The molecule has 0 bridgehead atoms. The van der Waals surface area contributed by atoms with Gasteiger partial charge in [-0.3, -0.25) is 9.69 Å². The maximum Gasteiger partial charge on any atom is 0.244 e. The van der Waals surface area contributed by atoms with Gasteiger partial charge in [-0.2, -0.15) is 5.10 Å². The molecule has 0 spiro atoms. The first-order valence-electron chi connectivity index (χ1n) is 11.6. The van der Waals surface area contributed by atoms with E-state index in [1.807, 2.05) is 36.1 Å².